The second-order valence-corrected chi connectivity index (χ2v) is 4.81. The van der Waals surface area contributed by atoms with Crippen LogP contribution in [0.2, 0.25) is 0 Å². The minimum absolute atomic E-state index is 0.0672. The van der Waals surface area contributed by atoms with Crippen molar-refractivity contribution in [3.05, 3.63) is 23.8 Å². The summed E-state index contributed by atoms with van der Waals surface area (Å²) in [7, 11) is 1.69. The Labute approximate surface area is 129 Å². The molecule has 0 bridgehead atoms. The van der Waals surface area contributed by atoms with Crippen LogP contribution in [0.5, 0.6) is 5.75 Å². The predicted octanol–water partition coefficient (Wildman–Crippen LogP) is 1.17. The Hall–Kier alpha value is -2.28. The van der Waals surface area contributed by atoms with Crippen molar-refractivity contribution in [3.63, 3.8) is 0 Å². The van der Waals surface area contributed by atoms with Crippen LogP contribution >= 0.6 is 0 Å². The number of nitrogens with one attached hydrogen (secondary N) is 1. The molecule has 0 spiro atoms. The number of aliphatic carboxylic acids is 2. The van der Waals surface area contributed by atoms with Crippen molar-refractivity contribution in [2.45, 2.75) is 19.9 Å². The van der Waals surface area contributed by atoms with Crippen molar-refractivity contribution in [1.29, 1.82) is 0 Å². The molecule has 7 heteroatoms. The highest BCUT2D eigenvalue weighted by atomic mass is 16.5. The van der Waals surface area contributed by atoms with E-state index in [0.717, 1.165) is 5.56 Å². The summed E-state index contributed by atoms with van der Waals surface area (Å²) in [6.07, 6.45) is 0.0672. The highest BCUT2D eigenvalue weighted by Crippen LogP contribution is 2.28. The van der Waals surface area contributed by atoms with E-state index in [1.165, 1.54) is 0 Å². The molecule has 1 aromatic carbocycles. The maximum atomic E-state index is 10.8. The predicted molar refractivity (Wildman–Crippen MR) is 82.5 cm³/mol. The van der Waals surface area contributed by atoms with Gasteiger partial charge in [0.25, 0.3) is 0 Å². The number of ether oxygens (including phenoxy) is 1. The van der Waals surface area contributed by atoms with Gasteiger partial charge < -0.3 is 25.2 Å². The van der Waals surface area contributed by atoms with Crippen molar-refractivity contribution in [1.82, 2.24) is 5.32 Å². The molecule has 0 aromatic heterocycles. The summed E-state index contributed by atoms with van der Waals surface area (Å²) in [5.74, 6) is -1.14. The zero-order chi connectivity index (χ0) is 16.5. The molecule has 0 unspecified atom stereocenters. The summed E-state index contributed by atoms with van der Waals surface area (Å²) in [6.45, 7) is 3.13. The maximum absolute atomic E-state index is 10.8. The number of carboxylic acid groups (broad SMARTS) is 2. The summed E-state index contributed by atoms with van der Waals surface area (Å²) in [6, 6.07) is 5.51. The zero-order valence-electron chi connectivity index (χ0n) is 12.8. The highest BCUT2D eigenvalue weighted by molar-refractivity contribution is 5.75. The number of hydrogen-bond donors (Lipinski definition) is 3. The van der Waals surface area contributed by atoms with Crippen LogP contribution < -0.4 is 15.0 Å². The van der Waals surface area contributed by atoms with Gasteiger partial charge in [0.1, 0.15) is 12.3 Å². The average Bonchev–Trinajstić information content (AvgIpc) is 2.43. The molecule has 0 amide bonds. The van der Waals surface area contributed by atoms with Gasteiger partial charge in [-0.1, -0.05) is 6.07 Å². The molecule has 7 nitrogen and oxygen atoms in total. The van der Waals surface area contributed by atoms with E-state index in [2.05, 4.69) is 5.32 Å². The molecule has 1 aromatic rings. The molecule has 0 saturated carbocycles. The van der Waals surface area contributed by atoms with E-state index in [9.17, 15) is 9.59 Å². The van der Waals surface area contributed by atoms with Gasteiger partial charge in [-0.25, -0.2) is 0 Å². The molecule has 0 heterocycles. The van der Waals surface area contributed by atoms with Crippen LogP contribution in [-0.2, 0) is 16.1 Å². The molecule has 1 rings (SSSR count). The van der Waals surface area contributed by atoms with Gasteiger partial charge in [0, 0.05) is 20.1 Å². The minimum Gasteiger partial charge on any atom is -0.492 e. The third-order valence-corrected chi connectivity index (χ3v) is 2.95. The third kappa shape index (κ3) is 6.01. The number of likely N-dealkylation sites (N-methyl/N-ethyl adjacent to an activating group) is 1. The van der Waals surface area contributed by atoms with Crippen molar-refractivity contribution < 1.29 is 24.5 Å². The van der Waals surface area contributed by atoms with Gasteiger partial charge in [-0.15, -0.1) is 0 Å². The van der Waals surface area contributed by atoms with E-state index in [1.54, 1.807) is 11.9 Å². The van der Waals surface area contributed by atoms with E-state index < -0.39 is 11.9 Å². The normalized spacial score (nSPS) is 10.3. The lowest BCUT2D eigenvalue weighted by Gasteiger charge is -2.21. The summed E-state index contributed by atoms with van der Waals surface area (Å²) >= 11 is 0. The Bertz CT molecular complexity index is 519. The number of carbonyl (C=O) groups is 2. The van der Waals surface area contributed by atoms with E-state index in [4.69, 9.17) is 14.9 Å². The standard InChI is InChI=1S/C15H22N2O5/c1-3-22-13-8-11(9-16-7-6-14(18)19)4-5-12(13)17(2)10-15(20)21/h4-5,8,16H,3,6-7,9-10H2,1-2H3,(H,18,19)(H,20,21). The Kier molecular flexibility index (Phi) is 7.18. The molecule has 22 heavy (non-hydrogen) atoms. The Morgan fingerprint density at radius 2 is 2.00 bits per heavy atom. The maximum Gasteiger partial charge on any atom is 0.323 e. The van der Waals surface area contributed by atoms with Gasteiger partial charge in [-0.05, 0) is 24.6 Å². The molecule has 3 N–H and O–H groups in total. The Balaban J connectivity index is 2.75. The first-order chi connectivity index (χ1) is 10.4. The summed E-state index contributed by atoms with van der Waals surface area (Å²) < 4.78 is 5.57. The SMILES string of the molecule is CCOc1cc(CNCCC(=O)O)ccc1N(C)CC(=O)O. The fourth-order valence-electron chi connectivity index (χ4n) is 1.97. The second-order valence-electron chi connectivity index (χ2n) is 4.81. The number of benzene rings is 1. The lowest BCUT2D eigenvalue weighted by Crippen LogP contribution is -2.25. The molecular weight excluding hydrogens is 288 g/mol. The van der Waals surface area contributed by atoms with E-state index >= 15 is 0 Å². The molecule has 122 valence electrons. The number of hydrogen-bond acceptors (Lipinski definition) is 5. The van der Waals surface area contributed by atoms with Crippen LogP contribution in [0.3, 0.4) is 0 Å². The summed E-state index contributed by atoms with van der Waals surface area (Å²) in [4.78, 5) is 22.9. The molecule has 0 atom stereocenters. The van der Waals surface area contributed by atoms with Gasteiger partial charge in [0.15, 0.2) is 0 Å². The van der Waals surface area contributed by atoms with Gasteiger partial charge in [0.2, 0.25) is 0 Å². The van der Waals surface area contributed by atoms with Gasteiger partial charge in [-0.2, -0.15) is 0 Å². The van der Waals surface area contributed by atoms with Crippen molar-refractivity contribution >= 4 is 17.6 Å². The van der Waals surface area contributed by atoms with Crippen LogP contribution in [0.25, 0.3) is 0 Å². The smallest absolute Gasteiger partial charge is 0.323 e. The first-order valence-corrected chi connectivity index (χ1v) is 7.05. The fourth-order valence-corrected chi connectivity index (χ4v) is 1.97. The van der Waals surface area contributed by atoms with E-state index in [1.807, 2.05) is 25.1 Å². The number of anilines is 1. The first kappa shape index (κ1) is 17.8. The quantitative estimate of drug-likeness (QED) is 0.558. The number of carboxylic acids is 2. The summed E-state index contributed by atoms with van der Waals surface area (Å²) in [5, 5.41) is 20.5. The second kappa shape index (κ2) is 8.89. The molecular formula is C15H22N2O5. The van der Waals surface area contributed by atoms with Crippen molar-refractivity contribution in [2.24, 2.45) is 0 Å². The first-order valence-electron chi connectivity index (χ1n) is 7.05. The number of rotatable bonds is 10. The molecule has 0 aliphatic rings. The van der Waals surface area contributed by atoms with Crippen molar-refractivity contribution in [3.8, 4) is 5.75 Å². The van der Waals surface area contributed by atoms with Crippen LogP contribution in [-0.4, -0.2) is 48.9 Å². The average molecular weight is 310 g/mol. The van der Waals surface area contributed by atoms with Crippen LogP contribution in [0.15, 0.2) is 18.2 Å². The highest BCUT2D eigenvalue weighted by Gasteiger charge is 2.12. The molecule has 0 aliphatic heterocycles. The minimum atomic E-state index is -0.913. The van der Waals surface area contributed by atoms with Crippen LogP contribution in [0.1, 0.15) is 18.9 Å². The molecule has 0 saturated heterocycles. The van der Waals surface area contributed by atoms with E-state index in [0.29, 0.717) is 31.1 Å². The zero-order valence-corrected chi connectivity index (χ0v) is 12.8. The molecule has 0 aliphatic carbocycles. The monoisotopic (exact) mass is 310 g/mol. The molecule has 0 radical (unpaired) electrons. The van der Waals surface area contributed by atoms with Gasteiger partial charge >= 0.3 is 11.9 Å². The van der Waals surface area contributed by atoms with Crippen LogP contribution in [0, 0.1) is 0 Å². The Morgan fingerprint density at radius 3 is 2.59 bits per heavy atom. The number of nitrogens with zero attached hydrogens (tertiary/aromatic N) is 1. The van der Waals surface area contributed by atoms with Gasteiger partial charge in [0.05, 0.1) is 18.7 Å². The lowest BCUT2D eigenvalue weighted by atomic mass is 10.1. The third-order valence-electron chi connectivity index (χ3n) is 2.95. The topological polar surface area (TPSA) is 99.1 Å². The largest absolute Gasteiger partial charge is 0.492 e. The molecule has 0 fully saturated rings. The Morgan fingerprint density at radius 1 is 1.27 bits per heavy atom. The summed E-state index contributed by atoms with van der Waals surface area (Å²) in [5.41, 5.74) is 1.65. The van der Waals surface area contributed by atoms with Gasteiger partial charge in [-0.3, -0.25) is 9.59 Å². The van der Waals surface area contributed by atoms with Crippen molar-refractivity contribution in [2.75, 3.05) is 31.6 Å². The fraction of sp³-hybridized carbons (Fsp3) is 0.467. The van der Waals surface area contributed by atoms with Crippen LogP contribution in [0.4, 0.5) is 5.69 Å². The lowest BCUT2D eigenvalue weighted by molar-refractivity contribution is -0.137. The van der Waals surface area contributed by atoms with E-state index in [-0.39, 0.29) is 13.0 Å².